The van der Waals surface area contributed by atoms with Gasteiger partial charge in [0, 0.05) is 28.7 Å². The van der Waals surface area contributed by atoms with Crippen LogP contribution in [0.3, 0.4) is 0 Å². The van der Waals surface area contributed by atoms with Gasteiger partial charge in [-0.15, -0.1) is 0 Å². The second-order valence-corrected chi connectivity index (χ2v) is 6.09. The molecule has 0 bridgehead atoms. The van der Waals surface area contributed by atoms with E-state index in [1.54, 1.807) is 37.4 Å². The van der Waals surface area contributed by atoms with E-state index >= 15 is 0 Å². The van der Waals surface area contributed by atoms with Gasteiger partial charge in [-0.25, -0.2) is 9.97 Å². The third-order valence-corrected chi connectivity index (χ3v) is 3.78. The summed E-state index contributed by atoms with van der Waals surface area (Å²) >= 11 is 0. The number of nitrogens with one attached hydrogen (secondary N) is 2. The molecule has 3 rings (SSSR count). The third kappa shape index (κ3) is 5.14. The Bertz CT molecular complexity index is 982. The van der Waals surface area contributed by atoms with Crippen LogP contribution in [0.1, 0.15) is 21.7 Å². The molecular formula is C21H21N5O2. The first-order valence-corrected chi connectivity index (χ1v) is 8.72. The van der Waals surface area contributed by atoms with Crippen LogP contribution < -0.4 is 15.4 Å². The average Bonchev–Trinajstić information content (AvgIpc) is 2.68. The molecule has 0 spiro atoms. The van der Waals surface area contributed by atoms with Crippen LogP contribution in [0.4, 0.5) is 11.6 Å². The lowest BCUT2D eigenvalue weighted by atomic mass is 10.2. The Balaban J connectivity index is 1.92. The highest BCUT2D eigenvalue weighted by Crippen LogP contribution is 2.17. The number of aliphatic imine (C=N–C) groups is 1. The molecule has 28 heavy (non-hydrogen) atoms. The summed E-state index contributed by atoms with van der Waals surface area (Å²) in [5, 5.41) is 5.89. The van der Waals surface area contributed by atoms with E-state index < -0.39 is 0 Å². The van der Waals surface area contributed by atoms with Gasteiger partial charge in [0.05, 0.1) is 7.11 Å². The standard InChI is InChI=1S/C21H21N5O2/c1-14-12-15(2)23-20(22-14)26-21(24-17-10-7-11-18(13-17)28-3)25-19(27)16-8-5-4-6-9-16/h4-13H,1-3H3,(H2,22,23,24,25,26,27). The monoisotopic (exact) mass is 375 g/mol. The molecule has 1 amide bonds. The number of nitrogens with zero attached hydrogens (tertiary/aromatic N) is 3. The number of carbonyl (C=O) groups is 1. The summed E-state index contributed by atoms with van der Waals surface area (Å²) in [6, 6.07) is 18.1. The lowest BCUT2D eigenvalue weighted by Crippen LogP contribution is -2.35. The molecule has 0 unspecified atom stereocenters. The number of guanidine groups is 1. The molecule has 0 aliphatic carbocycles. The smallest absolute Gasteiger partial charge is 0.257 e. The highest BCUT2D eigenvalue weighted by atomic mass is 16.5. The summed E-state index contributed by atoms with van der Waals surface area (Å²) in [6.45, 7) is 3.73. The fourth-order valence-corrected chi connectivity index (χ4v) is 2.55. The van der Waals surface area contributed by atoms with E-state index in [1.165, 1.54) is 0 Å². The van der Waals surface area contributed by atoms with Crippen LogP contribution in [0.2, 0.25) is 0 Å². The largest absolute Gasteiger partial charge is 0.497 e. The van der Waals surface area contributed by atoms with Crippen molar-refractivity contribution in [2.45, 2.75) is 13.8 Å². The van der Waals surface area contributed by atoms with Crippen LogP contribution in [0.25, 0.3) is 0 Å². The number of aromatic nitrogens is 2. The molecule has 2 N–H and O–H groups in total. The molecule has 7 heteroatoms. The molecule has 3 aromatic rings. The quantitative estimate of drug-likeness (QED) is 0.537. The topological polar surface area (TPSA) is 88.5 Å². The van der Waals surface area contributed by atoms with Crippen LogP contribution in [-0.4, -0.2) is 28.9 Å². The minimum absolute atomic E-state index is 0.215. The number of anilines is 1. The minimum Gasteiger partial charge on any atom is -0.497 e. The number of methoxy groups -OCH3 is 1. The van der Waals surface area contributed by atoms with Crippen molar-refractivity contribution in [2.24, 2.45) is 4.99 Å². The molecule has 0 radical (unpaired) electrons. The van der Waals surface area contributed by atoms with Crippen LogP contribution in [-0.2, 0) is 0 Å². The van der Waals surface area contributed by atoms with Crippen molar-refractivity contribution in [3.05, 3.63) is 77.6 Å². The zero-order valence-electron chi connectivity index (χ0n) is 15.9. The fraction of sp³-hybridized carbons (Fsp3) is 0.143. The molecule has 0 saturated carbocycles. The van der Waals surface area contributed by atoms with Crippen LogP contribution in [0.5, 0.6) is 5.75 Å². The SMILES string of the molecule is COc1cccc(NC(=Nc2nc(C)cc(C)n2)NC(=O)c2ccccc2)c1. The molecule has 0 atom stereocenters. The number of aryl methyl sites for hydroxylation is 2. The normalized spacial score (nSPS) is 11.0. The maximum Gasteiger partial charge on any atom is 0.257 e. The van der Waals surface area contributed by atoms with Crippen LogP contribution in [0, 0.1) is 13.8 Å². The van der Waals surface area contributed by atoms with E-state index in [9.17, 15) is 4.79 Å². The number of benzene rings is 2. The maximum absolute atomic E-state index is 12.6. The Morgan fingerprint density at radius 3 is 2.36 bits per heavy atom. The van der Waals surface area contributed by atoms with Gasteiger partial charge in [0.1, 0.15) is 5.75 Å². The molecule has 7 nitrogen and oxygen atoms in total. The van der Waals surface area contributed by atoms with E-state index in [-0.39, 0.29) is 17.8 Å². The lowest BCUT2D eigenvalue weighted by molar-refractivity contribution is 0.0977. The van der Waals surface area contributed by atoms with Crippen molar-refractivity contribution in [1.29, 1.82) is 0 Å². The number of ether oxygens (including phenoxy) is 1. The number of hydrogen-bond acceptors (Lipinski definition) is 5. The van der Waals surface area contributed by atoms with Gasteiger partial charge >= 0.3 is 0 Å². The van der Waals surface area contributed by atoms with Gasteiger partial charge in [-0.05, 0) is 44.2 Å². The van der Waals surface area contributed by atoms with Crippen molar-refractivity contribution < 1.29 is 9.53 Å². The predicted octanol–water partition coefficient (Wildman–Crippen LogP) is 3.63. The number of rotatable bonds is 4. The zero-order chi connectivity index (χ0) is 19.9. The van der Waals surface area contributed by atoms with E-state index in [0.29, 0.717) is 17.0 Å². The Morgan fingerprint density at radius 2 is 1.68 bits per heavy atom. The van der Waals surface area contributed by atoms with Gasteiger partial charge in [0.2, 0.25) is 5.96 Å². The summed E-state index contributed by atoms with van der Waals surface area (Å²) in [7, 11) is 1.59. The highest BCUT2D eigenvalue weighted by molar-refractivity contribution is 6.10. The number of carbonyl (C=O) groups excluding carboxylic acids is 1. The first-order valence-electron chi connectivity index (χ1n) is 8.72. The Morgan fingerprint density at radius 1 is 0.964 bits per heavy atom. The van der Waals surface area contributed by atoms with Gasteiger partial charge in [-0.2, -0.15) is 4.99 Å². The predicted molar refractivity (Wildman–Crippen MR) is 109 cm³/mol. The molecule has 0 saturated heterocycles. The molecule has 2 aromatic carbocycles. The molecule has 0 fully saturated rings. The van der Waals surface area contributed by atoms with Gasteiger partial charge in [0.25, 0.3) is 11.9 Å². The molecule has 0 aliphatic rings. The maximum atomic E-state index is 12.6. The van der Waals surface area contributed by atoms with Crippen molar-refractivity contribution in [3.8, 4) is 5.75 Å². The van der Waals surface area contributed by atoms with E-state index in [0.717, 1.165) is 11.4 Å². The van der Waals surface area contributed by atoms with E-state index in [1.807, 2.05) is 44.2 Å². The summed E-state index contributed by atoms with van der Waals surface area (Å²) in [5.41, 5.74) is 2.81. The summed E-state index contributed by atoms with van der Waals surface area (Å²) in [5.74, 6) is 0.865. The molecular weight excluding hydrogens is 354 g/mol. The van der Waals surface area contributed by atoms with Crippen molar-refractivity contribution in [1.82, 2.24) is 15.3 Å². The summed E-state index contributed by atoms with van der Waals surface area (Å²) in [6.07, 6.45) is 0. The van der Waals surface area contributed by atoms with Crippen LogP contribution in [0.15, 0.2) is 65.7 Å². The van der Waals surface area contributed by atoms with Crippen LogP contribution >= 0.6 is 0 Å². The number of amides is 1. The Hall–Kier alpha value is -3.74. The second kappa shape index (κ2) is 8.77. The van der Waals surface area contributed by atoms with Crippen molar-refractivity contribution in [2.75, 3.05) is 12.4 Å². The number of hydrogen-bond donors (Lipinski definition) is 2. The van der Waals surface area contributed by atoms with E-state index in [4.69, 9.17) is 4.74 Å². The van der Waals surface area contributed by atoms with Gasteiger partial charge in [0.15, 0.2) is 0 Å². The molecule has 1 heterocycles. The third-order valence-electron chi connectivity index (χ3n) is 3.78. The lowest BCUT2D eigenvalue weighted by Gasteiger charge is -2.12. The highest BCUT2D eigenvalue weighted by Gasteiger charge is 2.11. The fourth-order valence-electron chi connectivity index (χ4n) is 2.55. The molecule has 142 valence electrons. The minimum atomic E-state index is -0.292. The summed E-state index contributed by atoms with van der Waals surface area (Å²) in [4.78, 5) is 25.6. The van der Waals surface area contributed by atoms with Gasteiger partial charge in [-0.3, -0.25) is 10.1 Å². The second-order valence-electron chi connectivity index (χ2n) is 6.09. The Kier molecular flexibility index (Phi) is 5.96. The zero-order valence-corrected chi connectivity index (χ0v) is 15.9. The Labute approximate surface area is 163 Å². The van der Waals surface area contributed by atoms with E-state index in [2.05, 4.69) is 25.6 Å². The van der Waals surface area contributed by atoms with Crippen molar-refractivity contribution in [3.63, 3.8) is 0 Å². The average molecular weight is 375 g/mol. The first kappa shape index (κ1) is 19.0. The summed E-state index contributed by atoms with van der Waals surface area (Å²) < 4.78 is 5.24. The van der Waals surface area contributed by atoms with Crippen molar-refractivity contribution >= 4 is 23.5 Å². The molecule has 1 aromatic heterocycles. The van der Waals surface area contributed by atoms with Gasteiger partial charge in [-0.1, -0.05) is 24.3 Å². The first-order chi connectivity index (χ1) is 13.5. The molecule has 0 aliphatic heterocycles. The van der Waals surface area contributed by atoms with Gasteiger partial charge < -0.3 is 10.1 Å².